The number of aliphatic hydroxyl groups excluding tert-OH is 2. The molecule has 0 saturated carbocycles. The summed E-state index contributed by atoms with van der Waals surface area (Å²) in [6, 6.07) is 1.31. The van der Waals surface area contributed by atoms with Crippen LogP contribution in [0, 0.1) is 0 Å². The molecule has 1 aliphatic rings. The molecular weight excluding hydrogens is 285 g/mol. The first-order valence-electron chi connectivity index (χ1n) is 6.27. The van der Waals surface area contributed by atoms with E-state index in [4.69, 9.17) is 9.84 Å². The smallest absolute Gasteiger partial charge is 0.351 e. The maximum atomic E-state index is 14.5. The van der Waals surface area contributed by atoms with Crippen molar-refractivity contribution in [3.05, 3.63) is 22.7 Å². The fourth-order valence-electron chi connectivity index (χ4n) is 2.20. The molecule has 0 spiro atoms. The van der Waals surface area contributed by atoms with Gasteiger partial charge < -0.3 is 20.3 Å². The number of amides is 1. The standard InChI is InChI=1S/C12H16FN3O5/c1-6(18)14-8-3-4-16(11(20)15-8)10-12(2,13)9(19)7(5-17)21-10/h3-4,7,9-10,17,19H,5H2,1-2H3,(H,14,15,18,20). The first kappa shape index (κ1) is 15.5. The van der Waals surface area contributed by atoms with Gasteiger partial charge in [-0.25, -0.2) is 9.18 Å². The molecule has 0 aromatic carbocycles. The molecule has 0 bridgehead atoms. The normalized spacial score (nSPS) is 32.1. The van der Waals surface area contributed by atoms with Gasteiger partial charge in [0, 0.05) is 13.1 Å². The summed E-state index contributed by atoms with van der Waals surface area (Å²) >= 11 is 0. The van der Waals surface area contributed by atoms with Gasteiger partial charge in [-0.2, -0.15) is 4.98 Å². The number of aliphatic hydroxyl groups is 2. The molecule has 2 rings (SSSR count). The van der Waals surface area contributed by atoms with Crippen LogP contribution in [0.25, 0.3) is 0 Å². The van der Waals surface area contributed by atoms with Gasteiger partial charge in [0.05, 0.1) is 6.61 Å². The van der Waals surface area contributed by atoms with E-state index in [0.29, 0.717) is 0 Å². The second-order valence-electron chi connectivity index (χ2n) is 4.99. The van der Waals surface area contributed by atoms with Gasteiger partial charge in [0.25, 0.3) is 0 Å². The second kappa shape index (κ2) is 5.51. The SMILES string of the molecule is CC(=O)Nc1ccn(C2OC(CO)C(O)C2(C)F)c(=O)n1. The number of hydrogen-bond donors (Lipinski definition) is 3. The van der Waals surface area contributed by atoms with Gasteiger partial charge in [0.1, 0.15) is 18.0 Å². The van der Waals surface area contributed by atoms with Gasteiger partial charge in [-0.1, -0.05) is 0 Å². The number of rotatable bonds is 3. The molecule has 4 unspecified atom stereocenters. The molecule has 1 aliphatic heterocycles. The van der Waals surface area contributed by atoms with Crippen LogP contribution < -0.4 is 11.0 Å². The Morgan fingerprint density at radius 2 is 2.33 bits per heavy atom. The number of nitrogens with one attached hydrogen (secondary N) is 1. The van der Waals surface area contributed by atoms with Crippen LogP contribution in [0.3, 0.4) is 0 Å². The summed E-state index contributed by atoms with van der Waals surface area (Å²) in [4.78, 5) is 26.4. The highest BCUT2D eigenvalue weighted by atomic mass is 19.1. The largest absolute Gasteiger partial charge is 0.394 e. The third kappa shape index (κ3) is 2.80. The van der Waals surface area contributed by atoms with Crippen molar-refractivity contribution in [2.24, 2.45) is 0 Å². The van der Waals surface area contributed by atoms with Crippen molar-refractivity contribution >= 4 is 11.7 Å². The van der Waals surface area contributed by atoms with Gasteiger partial charge in [-0.05, 0) is 13.0 Å². The van der Waals surface area contributed by atoms with E-state index in [-0.39, 0.29) is 5.82 Å². The van der Waals surface area contributed by atoms with Crippen molar-refractivity contribution < 1.29 is 24.1 Å². The summed E-state index contributed by atoms with van der Waals surface area (Å²) in [5.74, 6) is -0.371. The summed E-state index contributed by atoms with van der Waals surface area (Å²) in [6.07, 6.45) is -2.92. The maximum Gasteiger partial charge on any atom is 0.351 e. The number of halogens is 1. The Morgan fingerprint density at radius 1 is 1.67 bits per heavy atom. The predicted octanol–water partition coefficient (Wildman–Crippen LogP) is -0.820. The minimum atomic E-state index is -2.27. The van der Waals surface area contributed by atoms with E-state index in [9.17, 15) is 19.1 Å². The molecule has 2 heterocycles. The van der Waals surface area contributed by atoms with Crippen LogP contribution in [0.4, 0.5) is 10.2 Å². The zero-order chi connectivity index (χ0) is 15.8. The molecule has 0 aliphatic carbocycles. The summed E-state index contributed by atoms with van der Waals surface area (Å²) in [5.41, 5.74) is -3.12. The summed E-state index contributed by atoms with van der Waals surface area (Å²) < 4.78 is 20.6. The van der Waals surface area contributed by atoms with Gasteiger partial charge in [-0.15, -0.1) is 0 Å². The van der Waals surface area contributed by atoms with Crippen molar-refractivity contribution in [3.63, 3.8) is 0 Å². The summed E-state index contributed by atoms with van der Waals surface area (Å²) in [5, 5.41) is 21.1. The number of ether oxygens (including phenoxy) is 1. The number of nitrogens with zero attached hydrogens (tertiary/aromatic N) is 2. The lowest BCUT2D eigenvalue weighted by atomic mass is 9.98. The average Bonchev–Trinajstić information content (AvgIpc) is 2.61. The van der Waals surface area contributed by atoms with Gasteiger partial charge >= 0.3 is 5.69 Å². The molecule has 4 atom stereocenters. The van der Waals surface area contributed by atoms with E-state index in [0.717, 1.165) is 11.5 Å². The predicted molar refractivity (Wildman–Crippen MR) is 69.3 cm³/mol. The Labute approximate surface area is 119 Å². The van der Waals surface area contributed by atoms with E-state index in [1.54, 1.807) is 0 Å². The summed E-state index contributed by atoms with van der Waals surface area (Å²) in [7, 11) is 0. The maximum absolute atomic E-state index is 14.5. The number of hydrogen-bond acceptors (Lipinski definition) is 6. The summed E-state index contributed by atoms with van der Waals surface area (Å²) in [6.45, 7) is 1.75. The van der Waals surface area contributed by atoms with Crippen molar-refractivity contribution in [1.29, 1.82) is 0 Å². The number of alkyl halides is 1. The fraction of sp³-hybridized carbons (Fsp3) is 0.583. The lowest BCUT2D eigenvalue weighted by Crippen LogP contribution is -2.42. The number of anilines is 1. The van der Waals surface area contributed by atoms with Gasteiger partial charge in [0.2, 0.25) is 5.91 Å². The topological polar surface area (TPSA) is 114 Å². The molecule has 1 amide bonds. The highest BCUT2D eigenvalue weighted by molar-refractivity contribution is 5.87. The zero-order valence-electron chi connectivity index (χ0n) is 11.5. The Morgan fingerprint density at radius 3 is 2.81 bits per heavy atom. The Balaban J connectivity index is 2.34. The fourth-order valence-corrected chi connectivity index (χ4v) is 2.20. The lowest BCUT2D eigenvalue weighted by Gasteiger charge is -2.24. The van der Waals surface area contributed by atoms with E-state index in [2.05, 4.69) is 10.3 Å². The molecule has 0 radical (unpaired) electrons. The van der Waals surface area contributed by atoms with Crippen molar-refractivity contribution in [2.75, 3.05) is 11.9 Å². The first-order chi connectivity index (χ1) is 9.77. The van der Waals surface area contributed by atoms with Gasteiger partial charge in [-0.3, -0.25) is 9.36 Å². The number of aromatic nitrogens is 2. The van der Waals surface area contributed by atoms with Crippen LogP contribution in [0.15, 0.2) is 17.1 Å². The van der Waals surface area contributed by atoms with E-state index in [1.165, 1.54) is 19.2 Å². The van der Waals surface area contributed by atoms with Crippen LogP contribution >= 0.6 is 0 Å². The van der Waals surface area contributed by atoms with Gasteiger partial charge in [0.15, 0.2) is 11.9 Å². The molecule has 21 heavy (non-hydrogen) atoms. The van der Waals surface area contributed by atoms with E-state index in [1.807, 2.05) is 0 Å². The van der Waals surface area contributed by atoms with E-state index >= 15 is 0 Å². The second-order valence-corrected chi connectivity index (χ2v) is 4.99. The van der Waals surface area contributed by atoms with Crippen LogP contribution in [0.2, 0.25) is 0 Å². The Kier molecular flexibility index (Phi) is 4.08. The molecule has 1 aromatic heterocycles. The molecule has 9 heteroatoms. The molecule has 1 aromatic rings. The molecule has 1 saturated heterocycles. The average molecular weight is 301 g/mol. The van der Waals surface area contributed by atoms with Crippen molar-refractivity contribution in [1.82, 2.24) is 9.55 Å². The van der Waals surface area contributed by atoms with Crippen LogP contribution in [-0.4, -0.2) is 50.2 Å². The molecule has 116 valence electrons. The minimum absolute atomic E-state index is 0.0292. The first-order valence-corrected chi connectivity index (χ1v) is 6.27. The zero-order valence-corrected chi connectivity index (χ0v) is 11.5. The van der Waals surface area contributed by atoms with Crippen LogP contribution in [0.5, 0.6) is 0 Å². The van der Waals surface area contributed by atoms with Crippen LogP contribution in [0.1, 0.15) is 20.1 Å². The van der Waals surface area contributed by atoms with Crippen molar-refractivity contribution in [2.45, 2.75) is 38.0 Å². The van der Waals surface area contributed by atoms with Crippen LogP contribution in [-0.2, 0) is 9.53 Å². The third-order valence-electron chi connectivity index (χ3n) is 3.28. The lowest BCUT2D eigenvalue weighted by molar-refractivity contribution is -0.114. The minimum Gasteiger partial charge on any atom is -0.394 e. The number of carbonyl (C=O) groups excluding carboxylic acids is 1. The Bertz CT molecular complexity index is 603. The highest BCUT2D eigenvalue weighted by Crippen LogP contribution is 2.40. The monoisotopic (exact) mass is 301 g/mol. The molecule has 3 N–H and O–H groups in total. The molecular formula is C12H16FN3O5. The van der Waals surface area contributed by atoms with E-state index < -0.39 is 42.3 Å². The van der Waals surface area contributed by atoms with Crippen molar-refractivity contribution in [3.8, 4) is 0 Å². The molecule has 1 fully saturated rings. The quantitative estimate of drug-likeness (QED) is 0.672. The Hall–Kier alpha value is -1.84. The highest BCUT2D eigenvalue weighted by Gasteiger charge is 2.55. The number of carbonyl (C=O) groups is 1. The third-order valence-corrected chi connectivity index (χ3v) is 3.28. The molecule has 8 nitrogen and oxygen atoms in total.